The van der Waals surface area contributed by atoms with Crippen molar-refractivity contribution in [2.24, 2.45) is 0 Å². The lowest BCUT2D eigenvalue weighted by Crippen LogP contribution is -2.18. The lowest BCUT2D eigenvalue weighted by Gasteiger charge is -2.13. The Labute approximate surface area is 125 Å². The van der Waals surface area contributed by atoms with Gasteiger partial charge in [-0.25, -0.2) is 13.4 Å². The highest BCUT2D eigenvalue weighted by molar-refractivity contribution is 7.90. The van der Waals surface area contributed by atoms with Gasteiger partial charge in [0.1, 0.15) is 5.76 Å². The van der Waals surface area contributed by atoms with Crippen molar-refractivity contribution in [3.63, 3.8) is 0 Å². The van der Waals surface area contributed by atoms with Crippen LogP contribution < -0.4 is 5.32 Å². The minimum Gasteiger partial charge on any atom is -0.444 e. The molecule has 1 heterocycles. The first-order valence-electron chi connectivity index (χ1n) is 6.73. The van der Waals surface area contributed by atoms with Gasteiger partial charge in [-0.2, -0.15) is 0 Å². The molecule has 1 aromatic carbocycles. The molecule has 0 amide bonds. The molecule has 1 atom stereocenters. The lowest BCUT2D eigenvalue weighted by molar-refractivity contribution is 0.432. The molecule has 0 radical (unpaired) electrons. The Bertz CT molecular complexity index is 698. The Kier molecular flexibility index (Phi) is 4.49. The zero-order valence-corrected chi connectivity index (χ0v) is 13.5. The first-order chi connectivity index (χ1) is 9.77. The van der Waals surface area contributed by atoms with Gasteiger partial charge in [-0.1, -0.05) is 12.1 Å². The molecule has 1 aromatic heterocycles. The molecule has 5 nitrogen and oxygen atoms in total. The van der Waals surface area contributed by atoms with Gasteiger partial charge in [0, 0.05) is 12.3 Å². The van der Waals surface area contributed by atoms with E-state index in [4.69, 9.17) is 4.42 Å². The maximum Gasteiger partial charge on any atom is 0.208 e. The van der Waals surface area contributed by atoms with Gasteiger partial charge in [0.15, 0.2) is 9.84 Å². The predicted molar refractivity (Wildman–Crippen MR) is 80.8 cm³/mol. The zero-order chi connectivity index (χ0) is 15.6. The average molecular weight is 308 g/mol. The highest BCUT2D eigenvalue weighted by atomic mass is 32.2. The molecule has 1 N–H and O–H groups in total. The molecule has 0 spiro atoms. The quantitative estimate of drug-likeness (QED) is 0.919. The standard InChI is InChI=1S/C15H20N2O3S/c1-10-12(3)20-15(17-10)9-16-11(2)13-5-7-14(8-6-13)21(4,18)19/h5-8,11,16H,9H2,1-4H3. The van der Waals surface area contributed by atoms with E-state index in [0.717, 1.165) is 17.0 Å². The summed E-state index contributed by atoms with van der Waals surface area (Å²) in [5.74, 6) is 1.49. The summed E-state index contributed by atoms with van der Waals surface area (Å²) in [7, 11) is -3.15. The van der Waals surface area contributed by atoms with Crippen LogP contribution in [0.25, 0.3) is 0 Å². The second kappa shape index (κ2) is 5.99. The van der Waals surface area contributed by atoms with Crippen LogP contribution in [0.15, 0.2) is 33.6 Å². The van der Waals surface area contributed by atoms with Gasteiger partial charge in [0.2, 0.25) is 5.89 Å². The second-order valence-electron chi connectivity index (χ2n) is 5.19. The molecule has 114 valence electrons. The number of hydrogen-bond donors (Lipinski definition) is 1. The summed E-state index contributed by atoms with van der Waals surface area (Å²) in [5, 5.41) is 3.31. The number of benzene rings is 1. The number of nitrogens with zero attached hydrogens (tertiary/aromatic N) is 1. The summed E-state index contributed by atoms with van der Waals surface area (Å²) in [6.07, 6.45) is 1.21. The van der Waals surface area contributed by atoms with Crippen molar-refractivity contribution in [3.05, 3.63) is 47.2 Å². The average Bonchev–Trinajstić information content (AvgIpc) is 2.74. The molecule has 2 rings (SSSR count). The van der Waals surface area contributed by atoms with Gasteiger partial charge in [-0.05, 0) is 38.5 Å². The first-order valence-corrected chi connectivity index (χ1v) is 8.63. The van der Waals surface area contributed by atoms with E-state index in [0.29, 0.717) is 17.3 Å². The van der Waals surface area contributed by atoms with Crippen molar-refractivity contribution in [1.82, 2.24) is 10.3 Å². The Morgan fingerprint density at radius 2 is 1.86 bits per heavy atom. The Balaban J connectivity index is 2.01. The molecule has 0 bridgehead atoms. The van der Waals surface area contributed by atoms with E-state index in [2.05, 4.69) is 10.3 Å². The fourth-order valence-corrected chi connectivity index (χ4v) is 2.61. The summed E-state index contributed by atoms with van der Waals surface area (Å²) in [5.41, 5.74) is 1.92. The number of aromatic nitrogens is 1. The maximum absolute atomic E-state index is 11.4. The molecule has 0 aliphatic carbocycles. The number of hydrogen-bond acceptors (Lipinski definition) is 5. The normalized spacial score (nSPS) is 13.3. The van der Waals surface area contributed by atoms with Crippen molar-refractivity contribution in [2.75, 3.05) is 6.26 Å². The third-order valence-corrected chi connectivity index (χ3v) is 4.57. The van der Waals surface area contributed by atoms with Crippen molar-refractivity contribution < 1.29 is 12.8 Å². The summed E-state index contributed by atoms with van der Waals surface area (Å²) >= 11 is 0. The van der Waals surface area contributed by atoms with Crippen LogP contribution in [0.1, 0.15) is 35.9 Å². The Hall–Kier alpha value is -1.66. The highest BCUT2D eigenvalue weighted by Gasteiger charge is 2.11. The molecule has 0 fully saturated rings. The smallest absolute Gasteiger partial charge is 0.208 e. The zero-order valence-electron chi connectivity index (χ0n) is 12.7. The van der Waals surface area contributed by atoms with E-state index >= 15 is 0 Å². The van der Waals surface area contributed by atoms with Gasteiger partial charge in [-0.3, -0.25) is 0 Å². The van der Waals surface area contributed by atoms with E-state index in [9.17, 15) is 8.42 Å². The van der Waals surface area contributed by atoms with Crippen molar-refractivity contribution in [2.45, 2.75) is 38.3 Å². The summed E-state index contributed by atoms with van der Waals surface area (Å²) in [6, 6.07) is 6.97. The number of nitrogens with one attached hydrogen (secondary N) is 1. The van der Waals surface area contributed by atoms with Gasteiger partial charge in [-0.15, -0.1) is 0 Å². The van der Waals surface area contributed by atoms with Crippen LogP contribution in [-0.2, 0) is 16.4 Å². The molecular weight excluding hydrogens is 288 g/mol. The van der Waals surface area contributed by atoms with Gasteiger partial charge in [0.25, 0.3) is 0 Å². The first kappa shape index (κ1) is 15.7. The number of rotatable bonds is 5. The molecule has 21 heavy (non-hydrogen) atoms. The van der Waals surface area contributed by atoms with Gasteiger partial charge >= 0.3 is 0 Å². The number of aryl methyl sites for hydroxylation is 2. The van der Waals surface area contributed by atoms with Crippen LogP contribution >= 0.6 is 0 Å². The predicted octanol–water partition coefficient (Wildman–Crippen LogP) is 2.55. The number of oxazole rings is 1. The fraction of sp³-hybridized carbons (Fsp3) is 0.400. The largest absolute Gasteiger partial charge is 0.444 e. The van der Waals surface area contributed by atoms with Crippen molar-refractivity contribution in [3.8, 4) is 0 Å². The van der Waals surface area contributed by atoms with Crippen LogP contribution in [0, 0.1) is 13.8 Å². The van der Waals surface area contributed by atoms with E-state index in [-0.39, 0.29) is 6.04 Å². The third-order valence-electron chi connectivity index (χ3n) is 3.44. The topological polar surface area (TPSA) is 72.2 Å². The van der Waals surface area contributed by atoms with Gasteiger partial charge < -0.3 is 9.73 Å². The molecule has 0 saturated carbocycles. The summed E-state index contributed by atoms with van der Waals surface area (Å²) in [6.45, 7) is 6.34. The maximum atomic E-state index is 11.4. The van der Waals surface area contributed by atoms with Gasteiger partial charge in [0.05, 0.1) is 17.1 Å². The molecule has 0 saturated heterocycles. The van der Waals surface area contributed by atoms with E-state index in [1.165, 1.54) is 6.26 Å². The Morgan fingerprint density at radius 1 is 1.24 bits per heavy atom. The molecule has 1 unspecified atom stereocenters. The van der Waals surface area contributed by atoms with Crippen LogP contribution in [0.3, 0.4) is 0 Å². The lowest BCUT2D eigenvalue weighted by atomic mass is 10.1. The summed E-state index contributed by atoms with van der Waals surface area (Å²) in [4.78, 5) is 4.64. The molecule has 2 aromatic rings. The van der Waals surface area contributed by atoms with E-state index in [1.807, 2.05) is 32.9 Å². The minimum absolute atomic E-state index is 0.0751. The van der Waals surface area contributed by atoms with Crippen molar-refractivity contribution in [1.29, 1.82) is 0 Å². The Morgan fingerprint density at radius 3 is 2.33 bits per heavy atom. The van der Waals surface area contributed by atoms with Crippen LogP contribution in [-0.4, -0.2) is 19.7 Å². The second-order valence-corrected chi connectivity index (χ2v) is 7.21. The summed E-state index contributed by atoms with van der Waals surface area (Å²) < 4.78 is 28.4. The van der Waals surface area contributed by atoms with Crippen LogP contribution in [0.2, 0.25) is 0 Å². The van der Waals surface area contributed by atoms with E-state index in [1.54, 1.807) is 12.1 Å². The minimum atomic E-state index is -3.15. The van der Waals surface area contributed by atoms with Crippen LogP contribution in [0.5, 0.6) is 0 Å². The fourth-order valence-electron chi connectivity index (χ4n) is 1.98. The molecule has 0 aliphatic rings. The van der Waals surface area contributed by atoms with E-state index < -0.39 is 9.84 Å². The highest BCUT2D eigenvalue weighted by Crippen LogP contribution is 2.17. The number of sulfone groups is 1. The molecule has 6 heteroatoms. The SMILES string of the molecule is Cc1nc(CNC(C)c2ccc(S(C)(=O)=O)cc2)oc1C. The molecular formula is C15H20N2O3S. The van der Waals surface area contributed by atoms with Crippen LogP contribution in [0.4, 0.5) is 0 Å². The van der Waals surface area contributed by atoms with Crippen molar-refractivity contribution >= 4 is 9.84 Å². The third kappa shape index (κ3) is 3.92. The molecule has 0 aliphatic heterocycles. The monoisotopic (exact) mass is 308 g/mol.